The van der Waals surface area contributed by atoms with Crippen molar-refractivity contribution in [3.63, 3.8) is 0 Å². The lowest BCUT2D eigenvalue weighted by molar-refractivity contribution is 0.0998. The van der Waals surface area contributed by atoms with Crippen LogP contribution in [0.4, 0.5) is 16.2 Å². The fraction of sp³-hybridized carbons (Fsp3) is 0.143. The number of hydrogen-bond donors (Lipinski definition) is 3. The Bertz CT molecular complexity index is 1020. The lowest BCUT2D eigenvalue weighted by Gasteiger charge is -2.08. The Labute approximate surface area is 162 Å². The Hall–Kier alpha value is -3.74. The summed E-state index contributed by atoms with van der Waals surface area (Å²) in [4.78, 5) is 24.2. The summed E-state index contributed by atoms with van der Waals surface area (Å²) in [7, 11) is 1.59. The molecule has 2 aromatic carbocycles. The average molecular weight is 379 g/mol. The van der Waals surface area contributed by atoms with Crippen LogP contribution in [0, 0.1) is 6.92 Å². The summed E-state index contributed by atoms with van der Waals surface area (Å²) in [5, 5.41) is 8.93. The number of urea groups is 1. The van der Waals surface area contributed by atoms with Gasteiger partial charge in [-0.15, -0.1) is 6.58 Å². The first-order valence-electron chi connectivity index (χ1n) is 8.66. The number of aryl methyl sites for hydroxylation is 1. The first-order chi connectivity index (χ1) is 13.5. The number of furan rings is 1. The number of fused-ring (bicyclic) bond motifs is 1. The number of benzene rings is 2. The Balaban J connectivity index is 1.71. The van der Waals surface area contributed by atoms with Crippen LogP contribution in [0.5, 0.6) is 5.75 Å². The fourth-order valence-corrected chi connectivity index (χ4v) is 2.71. The highest BCUT2D eigenvalue weighted by Crippen LogP contribution is 2.29. The average Bonchev–Trinajstić information content (AvgIpc) is 3.04. The molecule has 3 N–H and O–H groups in total. The number of carbonyl (C=O) groups excluding carboxylic acids is 2. The van der Waals surface area contributed by atoms with Crippen LogP contribution in [0.1, 0.15) is 16.1 Å². The van der Waals surface area contributed by atoms with Crippen molar-refractivity contribution in [2.75, 3.05) is 24.3 Å². The van der Waals surface area contributed by atoms with E-state index < -0.39 is 0 Å². The second-order valence-electron chi connectivity index (χ2n) is 6.07. The van der Waals surface area contributed by atoms with Gasteiger partial charge in [0, 0.05) is 28.9 Å². The third-order valence-corrected chi connectivity index (χ3v) is 4.16. The molecule has 3 amide bonds. The molecule has 0 fully saturated rings. The molecule has 0 atom stereocenters. The SMILES string of the molecule is C=CCNC(=O)Nc1ccc(NC(=O)c2oc3ccc(OC)cc3c2C)cc1. The molecule has 0 unspecified atom stereocenters. The third kappa shape index (κ3) is 4.15. The van der Waals surface area contributed by atoms with Crippen LogP contribution in [0.15, 0.2) is 59.5 Å². The van der Waals surface area contributed by atoms with Crippen molar-refractivity contribution in [3.8, 4) is 5.75 Å². The monoisotopic (exact) mass is 379 g/mol. The molecule has 0 saturated heterocycles. The minimum absolute atomic E-state index is 0.245. The van der Waals surface area contributed by atoms with Crippen molar-refractivity contribution in [1.82, 2.24) is 5.32 Å². The van der Waals surface area contributed by atoms with Crippen molar-refractivity contribution in [2.24, 2.45) is 0 Å². The highest BCUT2D eigenvalue weighted by atomic mass is 16.5. The molecule has 7 heteroatoms. The van der Waals surface area contributed by atoms with Crippen LogP contribution in [0.2, 0.25) is 0 Å². The maximum Gasteiger partial charge on any atom is 0.319 e. The molecular weight excluding hydrogens is 358 g/mol. The van der Waals surface area contributed by atoms with E-state index in [9.17, 15) is 9.59 Å². The summed E-state index contributed by atoms with van der Waals surface area (Å²) < 4.78 is 10.9. The Morgan fingerprint density at radius 1 is 1.11 bits per heavy atom. The summed E-state index contributed by atoms with van der Waals surface area (Å²) in [5.41, 5.74) is 2.54. The third-order valence-electron chi connectivity index (χ3n) is 4.16. The number of carbonyl (C=O) groups is 2. The van der Waals surface area contributed by atoms with E-state index in [1.807, 2.05) is 13.0 Å². The predicted octanol–water partition coefficient (Wildman–Crippen LogP) is 4.31. The van der Waals surface area contributed by atoms with Crippen molar-refractivity contribution < 1.29 is 18.7 Å². The zero-order valence-corrected chi connectivity index (χ0v) is 15.7. The lowest BCUT2D eigenvalue weighted by Crippen LogP contribution is -2.28. The zero-order chi connectivity index (χ0) is 20.1. The summed E-state index contributed by atoms with van der Waals surface area (Å²) in [6.45, 7) is 5.74. The largest absolute Gasteiger partial charge is 0.497 e. The summed E-state index contributed by atoms with van der Waals surface area (Å²) in [6, 6.07) is 11.8. The van der Waals surface area contributed by atoms with Gasteiger partial charge in [0.15, 0.2) is 5.76 Å². The van der Waals surface area contributed by atoms with E-state index in [0.29, 0.717) is 29.3 Å². The summed E-state index contributed by atoms with van der Waals surface area (Å²) in [6.07, 6.45) is 1.59. The van der Waals surface area contributed by atoms with Crippen molar-refractivity contribution in [1.29, 1.82) is 0 Å². The van der Waals surface area contributed by atoms with Gasteiger partial charge in [-0.25, -0.2) is 4.79 Å². The summed E-state index contributed by atoms with van der Waals surface area (Å²) >= 11 is 0. The topological polar surface area (TPSA) is 92.6 Å². The normalized spacial score (nSPS) is 10.4. The molecule has 0 aliphatic rings. The molecule has 0 bridgehead atoms. The quantitative estimate of drug-likeness (QED) is 0.557. The molecule has 1 aromatic heterocycles. The number of hydrogen-bond acceptors (Lipinski definition) is 4. The Morgan fingerprint density at radius 3 is 2.43 bits per heavy atom. The minimum Gasteiger partial charge on any atom is -0.497 e. The van der Waals surface area contributed by atoms with E-state index in [2.05, 4.69) is 22.5 Å². The fourth-order valence-electron chi connectivity index (χ4n) is 2.71. The van der Waals surface area contributed by atoms with Gasteiger partial charge in [-0.05, 0) is 49.4 Å². The molecule has 0 saturated carbocycles. The van der Waals surface area contributed by atoms with Gasteiger partial charge < -0.3 is 25.1 Å². The van der Waals surface area contributed by atoms with Crippen molar-refractivity contribution in [2.45, 2.75) is 6.92 Å². The molecule has 3 aromatic rings. The van der Waals surface area contributed by atoms with Crippen molar-refractivity contribution >= 4 is 34.3 Å². The predicted molar refractivity (Wildman–Crippen MR) is 109 cm³/mol. The Kier molecular flexibility index (Phi) is 5.64. The highest BCUT2D eigenvalue weighted by molar-refractivity contribution is 6.06. The molecule has 3 rings (SSSR count). The van der Waals surface area contributed by atoms with Gasteiger partial charge in [-0.3, -0.25) is 4.79 Å². The molecule has 28 heavy (non-hydrogen) atoms. The second-order valence-corrected chi connectivity index (χ2v) is 6.07. The van der Waals surface area contributed by atoms with Gasteiger partial charge in [0.2, 0.25) is 0 Å². The van der Waals surface area contributed by atoms with E-state index in [0.717, 1.165) is 10.9 Å². The maximum atomic E-state index is 12.6. The van der Waals surface area contributed by atoms with Crippen LogP contribution in [-0.4, -0.2) is 25.6 Å². The first-order valence-corrected chi connectivity index (χ1v) is 8.66. The van der Waals surface area contributed by atoms with Gasteiger partial charge in [-0.1, -0.05) is 6.08 Å². The zero-order valence-electron chi connectivity index (χ0n) is 15.7. The molecular formula is C21H21N3O4. The minimum atomic E-state index is -0.350. The van der Waals surface area contributed by atoms with Crippen LogP contribution in [0.3, 0.4) is 0 Å². The van der Waals surface area contributed by atoms with E-state index >= 15 is 0 Å². The second kappa shape index (κ2) is 8.30. The molecule has 144 valence electrons. The molecule has 0 aliphatic heterocycles. The summed E-state index contributed by atoms with van der Waals surface area (Å²) in [5.74, 6) is 0.593. The first kappa shape index (κ1) is 19.0. The number of ether oxygens (including phenoxy) is 1. The maximum absolute atomic E-state index is 12.6. The van der Waals surface area contributed by atoms with E-state index in [-0.39, 0.29) is 17.7 Å². The molecule has 0 aliphatic carbocycles. The number of amides is 3. The molecule has 0 radical (unpaired) electrons. The molecule has 0 spiro atoms. The standard InChI is InChI=1S/C21H21N3O4/c1-4-11-22-21(26)24-15-7-5-14(6-8-15)23-20(25)19-13(2)17-12-16(27-3)9-10-18(17)28-19/h4-10,12H,1,11H2,2-3H3,(H,23,25)(H2,22,24,26). The van der Waals surface area contributed by atoms with Crippen LogP contribution >= 0.6 is 0 Å². The smallest absolute Gasteiger partial charge is 0.319 e. The lowest BCUT2D eigenvalue weighted by atomic mass is 10.1. The van der Waals surface area contributed by atoms with Gasteiger partial charge >= 0.3 is 6.03 Å². The van der Waals surface area contributed by atoms with Gasteiger partial charge in [0.05, 0.1) is 7.11 Å². The van der Waals surface area contributed by atoms with Crippen LogP contribution in [-0.2, 0) is 0 Å². The van der Waals surface area contributed by atoms with Crippen LogP contribution < -0.4 is 20.7 Å². The van der Waals surface area contributed by atoms with E-state index in [1.165, 1.54) is 0 Å². The van der Waals surface area contributed by atoms with Gasteiger partial charge in [0.1, 0.15) is 11.3 Å². The molecule has 1 heterocycles. The van der Waals surface area contributed by atoms with E-state index in [4.69, 9.17) is 9.15 Å². The number of methoxy groups -OCH3 is 1. The molecule has 7 nitrogen and oxygen atoms in total. The van der Waals surface area contributed by atoms with Gasteiger partial charge in [0.25, 0.3) is 5.91 Å². The Morgan fingerprint density at radius 2 is 1.79 bits per heavy atom. The number of rotatable bonds is 6. The van der Waals surface area contributed by atoms with Crippen molar-refractivity contribution in [3.05, 3.63) is 66.4 Å². The number of anilines is 2. The van der Waals surface area contributed by atoms with Gasteiger partial charge in [-0.2, -0.15) is 0 Å². The number of nitrogens with one attached hydrogen (secondary N) is 3. The van der Waals surface area contributed by atoms with Crippen LogP contribution in [0.25, 0.3) is 11.0 Å². The van der Waals surface area contributed by atoms with E-state index in [1.54, 1.807) is 49.6 Å². The highest BCUT2D eigenvalue weighted by Gasteiger charge is 2.18.